The number of hydrogen-bond donors (Lipinski definition) is 3. The monoisotopic (exact) mass is 325 g/mol. The summed E-state index contributed by atoms with van der Waals surface area (Å²) in [6.07, 6.45) is 0. The van der Waals surface area contributed by atoms with Crippen molar-refractivity contribution in [1.29, 1.82) is 0 Å². The summed E-state index contributed by atoms with van der Waals surface area (Å²) in [6, 6.07) is 4.83. The summed E-state index contributed by atoms with van der Waals surface area (Å²) in [5.41, 5.74) is 5.68. The molecule has 0 radical (unpaired) electrons. The molecule has 1 aromatic rings. The minimum atomic E-state index is -0.642. The predicted molar refractivity (Wildman–Crippen MR) is 85.3 cm³/mol. The van der Waals surface area contributed by atoms with Gasteiger partial charge in [0.2, 0.25) is 11.8 Å². The zero-order valence-electron chi connectivity index (χ0n) is 13.6. The summed E-state index contributed by atoms with van der Waals surface area (Å²) >= 11 is 0. The van der Waals surface area contributed by atoms with Crippen LogP contribution in [0.15, 0.2) is 24.3 Å². The number of hydrogen-bond acceptors (Lipinski definition) is 4. The van der Waals surface area contributed by atoms with Gasteiger partial charge in [0, 0.05) is 6.07 Å². The lowest BCUT2D eigenvalue weighted by molar-refractivity contribution is -0.127. The van der Waals surface area contributed by atoms with E-state index in [2.05, 4.69) is 10.6 Å². The summed E-state index contributed by atoms with van der Waals surface area (Å²) in [5.74, 6) is -0.703. The van der Waals surface area contributed by atoms with Crippen LogP contribution in [0.3, 0.4) is 0 Å². The SMILES string of the molecule is CC(COc1cccc(F)c1)NC(=O)CNC(=O)[C@@H](N)C(C)C. The van der Waals surface area contributed by atoms with Crippen LogP contribution in [0, 0.1) is 11.7 Å². The molecular formula is C16H24FN3O3. The van der Waals surface area contributed by atoms with Crippen LogP contribution < -0.4 is 21.1 Å². The molecule has 0 spiro atoms. The quantitative estimate of drug-likeness (QED) is 0.659. The van der Waals surface area contributed by atoms with Gasteiger partial charge in [-0.05, 0) is 25.0 Å². The van der Waals surface area contributed by atoms with Crippen LogP contribution in [0.5, 0.6) is 5.75 Å². The average molecular weight is 325 g/mol. The largest absolute Gasteiger partial charge is 0.491 e. The predicted octanol–water partition coefficient (Wildman–Crippen LogP) is 0.809. The van der Waals surface area contributed by atoms with E-state index in [1.807, 2.05) is 13.8 Å². The van der Waals surface area contributed by atoms with Crippen LogP contribution in [0.1, 0.15) is 20.8 Å². The number of nitrogens with one attached hydrogen (secondary N) is 2. The third kappa shape index (κ3) is 7.10. The maximum absolute atomic E-state index is 13.0. The Bertz CT molecular complexity index is 537. The van der Waals surface area contributed by atoms with E-state index in [4.69, 9.17) is 10.5 Å². The van der Waals surface area contributed by atoms with Gasteiger partial charge >= 0.3 is 0 Å². The third-order valence-corrected chi connectivity index (χ3v) is 3.15. The molecule has 0 heterocycles. The summed E-state index contributed by atoms with van der Waals surface area (Å²) in [4.78, 5) is 23.4. The minimum absolute atomic E-state index is 0.00310. The van der Waals surface area contributed by atoms with Crippen molar-refractivity contribution in [3.05, 3.63) is 30.1 Å². The fourth-order valence-corrected chi connectivity index (χ4v) is 1.73. The second-order valence-electron chi connectivity index (χ2n) is 5.72. The maximum atomic E-state index is 13.0. The Hall–Kier alpha value is -2.15. The van der Waals surface area contributed by atoms with E-state index in [0.29, 0.717) is 5.75 Å². The third-order valence-electron chi connectivity index (χ3n) is 3.15. The Kier molecular flexibility index (Phi) is 7.47. The molecule has 1 unspecified atom stereocenters. The van der Waals surface area contributed by atoms with Gasteiger partial charge in [-0.15, -0.1) is 0 Å². The molecule has 0 saturated carbocycles. The molecule has 1 aromatic carbocycles. The Labute approximate surface area is 135 Å². The van der Waals surface area contributed by atoms with Crippen LogP contribution in [0.2, 0.25) is 0 Å². The average Bonchev–Trinajstić information content (AvgIpc) is 2.49. The van der Waals surface area contributed by atoms with Crippen molar-refractivity contribution in [3.8, 4) is 5.75 Å². The van der Waals surface area contributed by atoms with E-state index >= 15 is 0 Å². The Morgan fingerprint density at radius 2 is 2.00 bits per heavy atom. The van der Waals surface area contributed by atoms with E-state index in [9.17, 15) is 14.0 Å². The fourth-order valence-electron chi connectivity index (χ4n) is 1.73. The number of nitrogens with two attached hydrogens (primary N) is 1. The number of halogens is 1. The molecule has 4 N–H and O–H groups in total. The van der Waals surface area contributed by atoms with Gasteiger partial charge < -0.3 is 21.1 Å². The van der Waals surface area contributed by atoms with Crippen molar-refractivity contribution >= 4 is 11.8 Å². The molecular weight excluding hydrogens is 301 g/mol. The van der Waals surface area contributed by atoms with E-state index in [1.165, 1.54) is 12.1 Å². The Balaban J connectivity index is 2.29. The van der Waals surface area contributed by atoms with Gasteiger partial charge in [0.05, 0.1) is 18.6 Å². The van der Waals surface area contributed by atoms with Gasteiger partial charge in [0.25, 0.3) is 0 Å². The molecule has 6 nitrogen and oxygen atoms in total. The number of rotatable bonds is 8. The number of benzene rings is 1. The van der Waals surface area contributed by atoms with Crippen molar-refractivity contribution in [2.75, 3.05) is 13.2 Å². The molecule has 2 amide bonds. The molecule has 0 aliphatic heterocycles. The van der Waals surface area contributed by atoms with Crippen molar-refractivity contribution < 1.29 is 18.7 Å². The summed E-state index contributed by atoms with van der Waals surface area (Å²) < 4.78 is 18.4. The molecule has 128 valence electrons. The van der Waals surface area contributed by atoms with Gasteiger partial charge in [-0.1, -0.05) is 19.9 Å². The first-order valence-corrected chi connectivity index (χ1v) is 7.50. The van der Waals surface area contributed by atoms with Crippen LogP contribution in [0.25, 0.3) is 0 Å². The second kappa shape index (κ2) is 9.09. The molecule has 0 fully saturated rings. The van der Waals surface area contributed by atoms with Gasteiger partial charge in [-0.25, -0.2) is 4.39 Å². The van der Waals surface area contributed by atoms with Gasteiger partial charge in [0.1, 0.15) is 18.2 Å². The highest BCUT2D eigenvalue weighted by atomic mass is 19.1. The first-order chi connectivity index (χ1) is 10.8. The number of carbonyl (C=O) groups is 2. The first kappa shape index (κ1) is 18.9. The summed E-state index contributed by atoms with van der Waals surface area (Å²) in [7, 11) is 0. The van der Waals surface area contributed by atoms with Crippen molar-refractivity contribution in [1.82, 2.24) is 10.6 Å². The smallest absolute Gasteiger partial charge is 0.239 e. The Morgan fingerprint density at radius 3 is 2.61 bits per heavy atom. The molecule has 0 bridgehead atoms. The van der Waals surface area contributed by atoms with Crippen molar-refractivity contribution in [2.45, 2.75) is 32.9 Å². The molecule has 0 aromatic heterocycles. The zero-order chi connectivity index (χ0) is 17.4. The highest BCUT2D eigenvalue weighted by Crippen LogP contribution is 2.11. The molecule has 2 atom stereocenters. The topological polar surface area (TPSA) is 93.5 Å². The maximum Gasteiger partial charge on any atom is 0.239 e. The van der Waals surface area contributed by atoms with Crippen LogP contribution in [-0.2, 0) is 9.59 Å². The lowest BCUT2D eigenvalue weighted by atomic mass is 10.1. The van der Waals surface area contributed by atoms with Crippen molar-refractivity contribution in [2.24, 2.45) is 11.7 Å². The number of ether oxygens (including phenoxy) is 1. The van der Waals surface area contributed by atoms with E-state index in [0.717, 1.165) is 0 Å². The highest BCUT2D eigenvalue weighted by molar-refractivity contribution is 5.87. The van der Waals surface area contributed by atoms with Gasteiger partial charge in [-0.2, -0.15) is 0 Å². The number of amides is 2. The molecule has 0 aliphatic rings. The minimum Gasteiger partial charge on any atom is -0.491 e. The second-order valence-corrected chi connectivity index (χ2v) is 5.72. The fraction of sp³-hybridized carbons (Fsp3) is 0.500. The standard InChI is InChI=1S/C16H24FN3O3/c1-10(2)15(18)16(22)19-8-14(21)20-11(3)9-23-13-6-4-5-12(17)7-13/h4-7,10-11,15H,8-9,18H2,1-3H3,(H,19,22)(H,20,21)/t11?,15-/m0/s1. The number of carbonyl (C=O) groups excluding carboxylic acids is 2. The summed E-state index contributed by atoms with van der Waals surface area (Å²) in [6.45, 7) is 5.45. The molecule has 23 heavy (non-hydrogen) atoms. The molecule has 1 rings (SSSR count). The lowest BCUT2D eigenvalue weighted by Gasteiger charge is -2.17. The normalized spacial score (nSPS) is 13.3. The van der Waals surface area contributed by atoms with Gasteiger partial charge in [0.15, 0.2) is 0 Å². The van der Waals surface area contributed by atoms with E-state index in [1.54, 1.807) is 19.1 Å². The molecule has 0 saturated heterocycles. The first-order valence-electron chi connectivity index (χ1n) is 7.50. The highest BCUT2D eigenvalue weighted by Gasteiger charge is 2.18. The van der Waals surface area contributed by atoms with Gasteiger partial charge in [-0.3, -0.25) is 9.59 Å². The lowest BCUT2D eigenvalue weighted by Crippen LogP contribution is -2.48. The van der Waals surface area contributed by atoms with E-state index in [-0.39, 0.29) is 42.7 Å². The van der Waals surface area contributed by atoms with Crippen molar-refractivity contribution in [3.63, 3.8) is 0 Å². The zero-order valence-corrected chi connectivity index (χ0v) is 13.6. The molecule has 7 heteroatoms. The summed E-state index contributed by atoms with van der Waals surface area (Å²) in [5, 5.41) is 5.16. The Morgan fingerprint density at radius 1 is 1.30 bits per heavy atom. The van der Waals surface area contributed by atoms with Crippen LogP contribution in [0.4, 0.5) is 4.39 Å². The van der Waals surface area contributed by atoms with Crippen LogP contribution in [-0.4, -0.2) is 37.0 Å². The van der Waals surface area contributed by atoms with Crippen LogP contribution >= 0.6 is 0 Å². The van der Waals surface area contributed by atoms with E-state index < -0.39 is 6.04 Å². The molecule has 0 aliphatic carbocycles.